The van der Waals surface area contributed by atoms with Gasteiger partial charge in [-0.15, -0.1) is 12.3 Å². The van der Waals surface area contributed by atoms with Gasteiger partial charge in [-0.2, -0.15) is 0 Å². The average Bonchev–Trinajstić information content (AvgIpc) is 2.39. The van der Waals surface area contributed by atoms with E-state index in [9.17, 15) is 0 Å². The maximum atomic E-state index is 5.45. The van der Waals surface area contributed by atoms with Crippen LogP contribution in [0.4, 0.5) is 0 Å². The fraction of sp³-hybridized carbons (Fsp3) is 0.467. The number of benzene rings is 1. The van der Waals surface area contributed by atoms with Gasteiger partial charge in [0, 0.05) is 22.5 Å². The molecule has 0 heterocycles. The molecule has 0 fully saturated rings. The van der Waals surface area contributed by atoms with Crippen molar-refractivity contribution in [2.24, 2.45) is 0 Å². The van der Waals surface area contributed by atoms with Crippen LogP contribution >= 0.6 is 15.9 Å². The highest BCUT2D eigenvalue weighted by Crippen LogP contribution is 2.30. The summed E-state index contributed by atoms with van der Waals surface area (Å²) in [6.45, 7) is 3.14. The molecule has 0 aliphatic rings. The van der Waals surface area contributed by atoms with Crippen LogP contribution in [-0.4, -0.2) is 13.7 Å². The standard InChI is InChI=1S/C15H20BrNO/c1-4-6-7-14(17-10-5-2)13-9-8-12(16)11-15(13)18-3/h1,8-9,11,14,17H,5-7,10H2,2-3H3. The van der Waals surface area contributed by atoms with Gasteiger partial charge in [-0.3, -0.25) is 0 Å². The van der Waals surface area contributed by atoms with Crippen LogP contribution in [0.2, 0.25) is 0 Å². The summed E-state index contributed by atoms with van der Waals surface area (Å²) in [6.07, 6.45) is 8.15. The fourth-order valence-electron chi connectivity index (χ4n) is 1.89. The molecule has 1 atom stereocenters. The predicted molar refractivity (Wildman–Crippen MR) is 79.8 cm³/mol. The lowest BCUT2D eigenvalue weighted by Gasteiger charge is -2.20. The molecule has 1 rings (SSSR count). The van der Waals surface area contributed by atoms with Crippen LogP contribution in [0.3, 0.4) is 0 Å². The predicted octanol–water partition coefficient (Wildman–Crippen LogP) is 3.91. The Balaban J connectivity index is 2.92. The van der Waals surface area contributed by atoms with Gasteiger partial charge >= 0.3 is 0 Å². The van der Waals surface area contributed by atoms with E-state index in [1.807, 2.05) is 12.1 Å². The van der Waals surface area contributed by atoms with Crippen molar-refractivity contribution in [3.05, 3.63) is 28.2 Å². The minimum absolute atomic E-state index is 0.254. The summed E-state index contributed by atoms with van der Waals surface area (Å²) in [4.78, 5) is 0. The first-order valence-corrected chi connectivity index (χ1v) is 7.02. The zero-order valence-electron chi connectivity index (χ0n) is 11.0. The molecule has 0 aromatic heterocycles. The summed E-state index contributed by atoms with van der Waals surface area (Å²) in [5.41, 5.74) is 1.17. The van der Waals surface area contributed by atoms with Crippen molar-refractivity contribution < 1.29 is 4.74 Å². The summed E-state index contributed by atoms with van der Waals surface area (Å²) < 4.78 is 6.47. The molecule has 1 aromatic rings. The van der Waals surface area contributed by atoms with E-state index in [2.05, 4.69) is 40.2 Å². The Kier molecular flexibility index (Phi) is 6.85. The largest absolute Gasteiger partial charge is 0.496 e. The van der Waals surface area contributed by atoms with E-state index in [4.69, 9.17) is 11.2 Å². The number of terminal acetylenes is 1. The molecular weight excluding hydrogens is 290 g/mol. The minimum atomic E-state index is 0.254. The molecule has 0 bridgehead atoms. The lowest BCUT2D eigenvalue weighted by molar-refractivity contribution is 0.395. The van der Waals surface area contributed by atoms with Crippen molar-refractivity contribution in [3.63, 3.8) is 0 Å². The van der Waals surface area contributed by atoms with E-state index >= 15 is 0 Å². The van der Waals surface area contributed by atoms with Crippen molar-refractivity contribution in [2.45, 2.75) is 32.2 Å². The van der Waals surface area contributed by atoms with Crippen molar-refractivity contribution in [3.8, 4) is 18.1 Å². The second-order valence-corrected chi connectivity index (χ2v) is 5.05. The van der Waals surface area contributed by atoms with Gasteiger partial charge in [-0.05, 0) is 31.5 Å². The first-order valence-electron chi connectivity index (χ1n) is 6.23. The molecule has 1 aromatic carbocycles. The Bertz CT molecular complexity index is 411. The van der Waals surface area contributed by atoms with E-state index < -0.39 is 0 Å². The number of rotatable bonds is 7. The number of hydrogen-bond donors (Lipinski definition) is 1. The second kappa shape index (κ2) is 8.18. The molecule has 0 spiro atoms. The average molecular weight is 310 g/mol. The molecule has 1 unspecified atom stereocenters. The summed E-state index contributed by atoms with van der Waals surface area (Å²) in [5, 5.41) is 3.52. The van der Waals surface area contributed by atoms with Crippen LogP contribution in [0.25, 0.3) is 0 Å². The Morgan fingerprint density at radius 3 is 2.89 bits per heavy atom. The third kappa shape index (κ3) is 4.36. The molecule has 3 heteroatoms. The van der Waals surface area contributed by atoms with Gasteiger partial charge in [0.25, 0.3) is 0 Å². The Labute approximate surface area is 118 Å². The smallest absolute Gasteiger partial charge is 0.124 e. The topological polar surface area (TPSA) is 21.3 Å². The van der Waals surface area contributed by atoms with Crippen LogP contribution in [-0.2, 0) is 0 Å². The fourth-order valence-corrected chi connectivity index (χ4v) is 2.23. The molecule has 0 amide bonds. The van der Waals surface area contributed by atoms with Crippen molar-refractivity contribution >= 4 is 15.9 Å². The number of methoxy groups -OCH3 is 1. The molecular formula is C15H20BrNO. The molecule has 0 radical (unpaired) electrons. The maximum absolute atomic E-state index is 5.45. The quantitative estimate of drug-likeness (QED) is 0.771. The Morgan fingerprint density at radius 2 is 2.28 bits per heavy atom. The lowest BCUT2D eigenvalue weighted by atomic mass is 10.0. The molecule has 1 N–H and O–H groups in total. The van der Waals surface area contributed by atoms with Gasteiger partial charge in [0.05, 0.1) is 7.11 Å². The monoisotopic (exact) mass is 309 g/mol. The molecule has 0 saturated heterocycles. The summed E-state index contributed by atoms with van der Waals surface area (Å²) >= 11 is 3.46. The summed E-state index contributed by atoms with van der Waals surface area (Å²) in [5.74, 6) is 3.60. The van der Waals surface area contributed by atoms with Gasteiger partial charge in [-0.25, -0.2) is 0 Å². The van der Waals surface area contributed by atoms with E-state index in [1.165, 1.54) is 5.56 Å². The van der Waals surface area contributed by atoms with E-state index in [1.54, 1.807) is 7.11 Å². The Morgan fingerprint density at radius 1 is 1.50 bits per heavy atom. The van der Waals surface area contributed by atoms with Crippen LogP contribution in [0, 0.1) is 12.3 Å². The molecule has 2 nitrogen and oxygen atoms in total. The van der Waals surface area contributed by atoms with Gasteiger partial charge in [0.1, 0.15) is 5.75 Å². The number of ether oxygens (including phenoxy) is 1. The third-order valence-electron chi connectivity index (χ3n) is 2.79. The van der Waals surface area contributed by atoms with Gasteiger partial charge < -0.3 is 10.1 Å². The highest BCUT2D eigenvalue weighted by atomic mass is 79.9. The third-order valence-corrected chi connectivity index (χ3v) is 3.28. The molecule has 0 aliphatic carbocycles. The molecule has 0 saturated carbocycles. The van der Waals surface area contributed by atoms with Crippen LogP contribution < -0.4 is 10.1 Å². The zero-order valence-corrected chi connectivity index (χ0v) is 12.6. The van der Waals surface area contributed by atoms with Crippen LogP contribution in [0.15, 0.2) is 22.7 Å². The normalized spacial score (nSPS) is 11.9. The summed E-state index contributed by atoms with van der Waals surface area (Å²) in [7, 11) is 1.70. The van der Waals surface area contributed by atoms with E-state index in [0.717, 1.165) is 36.0 Å². The molecule has 98 valence electrons. The summed E-state index contributed by atoms with van der Waals surface area (Å²) in [6, 6.07) is 6.37. The zero-order chi connectivity index (χ0) is 13.4. The first-order chi connectivity index (χ1) is 8.72. The maximum Gasteiger partial charge on any atom is 0.124 e. The van der Waals surface area contributed by atoms with Crippen molar-refractivity contribution in [2.75, 3.05) is 13.7 Å². The van der Waals surface area contributed by atoms with Gasteiger partial charge in [0.15, 0.2) is 0 Å². The lowest BCUT2D eigenvalue weighted by Crippen LogP contribution is -2.22. The van der Waals surface area contributed by atoms with E-state index in [-0.39, 0.29) is 6.04 Å². The molecule has 0 aliphatic heterocycles. The van der Waals surface area contributed by atoms with Crippen molar-refractivity contribution in [1.29, 1.82) is 0 Å². The number of halogens is 1. The SMILES string of the molecule is C#CCCC(NCCC)c1ccc(Br)cc1OC. The van der Waals surface area contributed by atoms with Crippen LogP contribution in [0.5, 0.6) is 5.75 Å². The van der Waals surface area contributed by atoms with E-state index in [0.29, 0.717) is 0 Å². The number of nitrogens with one attached hydrogen (secondary N) is 1. The minimum Gasteiger partial charge on any atom is -0.496 e. The van der Waals surface area contributed by atoms with Gasteiger partial charge in [0.2, 0.25) is 0 Å². The van der Waals surface area contributed by atoms with Crippen LogP contribution in [0.1, 0.15) is 37.8 Å². The second-order valence-electron chi connectivity index (χ2n) is 4.14. The first kappa shape index (κ1) is 15.1. The number of hydrogen-bond acceptors (Lipinski definition) is 2. The van der Waals surface area contributed by atoms with Crippen molar-refractivity contribution in [1.82, 2.24) is 5.32 Å². The van der Waals surface area contributed by atoms with Gasteiger partial charge in [-0.1, -0.05) is 28.9 Å². The highest BCUT2D eigenvalue weighted by Gasteiger charge is 2.15. The highest BCUT2D eigenvalue weighted by molar-refractivity contribution is 9.10. The molecule has 18 heavy (non-hydrogen) atoms. The Hall–Kier alpha value is -0.980.